The van der Waals surface area contributed by atoms with Crippen LogP contribution in [0.4, 0.5) is 0 Å². The quantitative estimate of drug-likeness (QED) is 0.848. The van der Waals surface area contributed by atoms with Crippen molar-refractivity contribution in [1.82, 2.24) is 30.0 Å². The highest BCUT2D eigenvalue weighted by Crippen LogP contribution is 2.01. The van der Waals surface area contributed by atoms with Crippen LogP contribution in [0.2, 0.25) is 0 Å². The van der Waals surface area contributed by atoms with Gasteiger partial charge in [0.05, 0.1) is 12.2 Å². The van der Waals surface area contributed by atoms with Gasteiger partial charge in [0.2, 0.25) is 0 Å². The van der Waals surface area contributed by atoms with Crippen molar-refractivity contribution in [3.05, 3.63) is 35.9 Å². The molecule has 0 aliphatic rings. The average molecular weight is 260 g/mol. The molecule has 0 unspecified atom stereocenters. The van der Waals surface area contributed by atoms with Crippen LogP contribution in [0.15, 0.2) is 18.6 Å². The van der Waals surface area contributed by atoms with E-state index in [-0.39, 0.29) is 0 Å². The summed E-state index contributed by atoms with van der Waals surface area (Å²) in [5.74, 6) is 2.31. The van der Waals surface area contributed by atoms with Gasteiger partial charge in [0.1, 0.15) is 18.0 Å². The monoisotopic (exact) mass is 260 g/mol. The van der Waals surface area contributed by atoms with E-state index in [0.29, 0.717) is 19.0 Å². The molecule has 0 atom stereocenters. The largest absolute Gasteiger partial charge is 0.304 e. The van der Waals surface area contributed by atoms with Gasteiger partial charge in [0.25, 0.3) is 0 Å². The number of nitrogens with one attached hydrogen (secondary N) is 1. The second-order valence-electron chi connectivity index (χ2n) is 4.95. The van der Waals surface area contributed by atoms with E-state index in [2.05, 4.69) is 39.2 Å². The minimum Gasteiger partial charge on any atom is -0.304 e. The van der Waals surface area contributed by atoms with Crippen LogP contribution < -0.4 is 5.32 Å². The lowest BCUT2D eigenvalue weighted by Gasteiger charge is -2.09. The fraction of sp³-hybridized carbons (Fsp3) is 0.538. The summed E-state index contributed by atoms with van der Waals surface area (Å²) in [4.78, 5) is 12.7. The predicted octanol–water partition coefficient (Wildman–Crippen LogP) is 1.32. The first-order valence-electron chi connectivity index (χ1n) is 6.51. The summed E-state index contributed by atoms with van der Waals surface area (Å²) in [6, 6.07) is 1.92. The Balaban J connectivity index is 1.87. The molecule has 0 saturated carbocycles. The maximum Gasteiger partial charge on any atom is 0.140 e. The molecule has 0 bridgehead atoms. The normalized spacial score (nSPS) is 11.2. The first-order valence-corrected chi connectivity index (χ1v) is 6.51. The van der Waals surface area contributed by atoms with Crippen LogP contribution in [0, 0.1) is 12.8 Å². The molecule has 2 rings (SSSR count). The molecule has 0 fully saturated rings. The molecule has 6 heteroatoms. The number of rotatable bonds is 6. The zero-order chi connectivity index (χ0) is 13.7. The van der Waals surface area contributed by atoms with Crippen molar-refractivity contribution < 1.29 is 0 Å². The zero-order valence-electron chi connectivity index (χ0n) is 11.7. The summed E-state index contributed by atoms with van der Waals surface area (Å²) < 4.78 is 1.95. The fourth-order valence-corrected chi connectivity index (χ4v) is 1.83. The van der Waals surface area contributed by atoms with Gasteiger partial charge in [0.15, 0.2) is 0 Å². The van der Waals surface area contributed by atoms with Gasteiger partial charge in [-0.2, -0.15) is 5.10 Å². The molecule has 102 valence electrons. The Morgan fingerprint density at radius 2 is 2.11 bits per heavy atom. The molecule has 0 saturated heterocycles. The molecule has 0 spiro atoms. The lowest BCUT2D eigenvalue weighted by atomic mass is 10.2. The Labute approximate surface area is 113 Å². The van der Waals surface area contributed by atoms with Crippen molar-refractivity contribution in [3.63, 3.8) is 0 Å². The van der Waals surface area contributed by atoms with Crippen molar-refractivity contribution >= 4 is 0 Å². The molecule has 2 aromatic heterocycles. The molecule has 1 N–H and O–H groups in total. The summed E-state index contributed by atoms with van der Waals surface area (Å²) in [6.45, 7) is 8.52. The van der Waals surface area contributed by atoms with Crippen molar-refractivity contribution in [1.29, 1.82) is 0 Å². The SMILES string of the molecule is Cc1nccc(CNCc2ncnn2CC(C)C)n1. The van der Waals surface area contributed by atoms with Crippen molar-refractivity contribution in [2.75, 3.05) is 0 Å². The Morgan fingerprint density at radius 1 is 1.26 bits per heavy atom. The lowest BCUT2D eigenvalue weighted by molar-refractivity contribution is 0.457. The summed E-state index contributed by atoms with van der Waals surface area (Å²) >= 11 is 0. The van der Waals surface area contributed by atoms with Crippen molar-refractivity contribution in [3.8, 4) is 0 Å². The van der Waals surface area contributed by atoms with Gasteiger partial charge >= 0.3 is 0 Å². The number of hydrogen-bond donors (Lipinski definition) is 1. The van der Waals surface area contributed by atoms with Gasteiger partial charge < -0.3 is 5.32 Å². The van der Waals surface area contributed by atoms with E-state index >= 15 is 0 Å². The van der Waals surface area contributed by atoms with Crippen LogP contribution in [0.3, 0.4) is 0 Å². The van der Waals surface area contributed by atoms with Crippen LogP contribution in [0.25, 0.3) is 0 Å². The van der Waals surface area contributed by atoms with Crippen LogP contribution in [-0.4, -0.2) is 24.7 Å². The second-order valence-corrected chi connectivity index (χ2v) is 4.95. The van der Waals surface area contributed by atoms with Crippen LogP contribution in [0.1, 0.15) is 31.2 Å². The predicted molar refractivity (Wildman–Crippen MR) is 72.2 cm³/mol. The highest BCUT2D eigenvalue weighted by Gasteiger charge is 2.05. The standard InChI is InChI=1S/C13H20N6/c1-10(2)8-19-13(16-9-17-19)7-14-6-12-4-5-15-11(3)18-12/h4-5,9-10,14H,6-8H2,1-3H3. The zero-order valence-corrected chi connectivity index (χ0v) is 11.7. The van der Waals surface area contributed by atoms with E-state index in [0.717, 1.165) is 23.9 Å². The van der Waals surface area contributed by atoms with Crippen LogP contribution >= 0.6 is 0 Å². The molecule has 0 amide bonds. The molecule has 2 heterocycles. The molecular formula is C13H20N6. The summed E-state index contributed by atoms with van der Waals surface area (Å²) in [7, 11) is 0. The second kappa shape index (κ2) is 6.38. The van der Waals surface area contributed by atoms with Gasteiger partial charge in [-0.1, -0.05) is 13.8 Å². The van der Waals surface area contributed by atoms with E-state index in [4.69, 9.17) is 0 Å². The molecule has 2 aromatic rings. The third-order valence-electron chi connectivity index (χ3n) is 2.66. The first kappa shape index (κ1) is 13.6. The minimum atomic E-state index is 0.560. The Kier molecular flexibility index (Phi) is 4.57. The summed E-state index contributed by atoms with van der Waals surface area (Å²) in [5.41, 5.74) is 0.988. The average Bonchev–Trinajstić information content (AvgIpc) is 2.76. The third kappa shape index (κ3) is 4.10. The van der Waals surface area contributed by atoms with Gasteiger partial charge in [-0.25, -0.2) is 19.6 Å². The van der Waals surface area contributed by atoms with Crippen molar-refractivity contribution in [2.24, 2.45) is 5.92 Å². The van der Waals surface area contributed by atoms with E-state index in [1.165, 1.54) is 0 Å². The van der Waals surface area contributed by atoms with Gasteiger partial charge in [-0.3, -0.25) is 0 Å². The molecule has 0 aromatic carbocycles. The van der Waals surface area contributed by atoms with E-state index < -0.39 is 0 Å². The van der Waals surface area contributed by atoms with Gasteiger partial charge in [0, 0.05) is 19.3 Å². The first-order chi connectivity index (χ1) is 9.15. The molecular weight excluding hydrogens is 240 g/mol. The highest BCUT2D eigenvalue weighted by atomic mass is 15.3. The Hall–Kier alpha value is -1.82. The number of nitrogens with zero attached hydrogens (tertiary/aromatic N) is 5. The third-order valence-corrected chi connectivity index (χ3v) is 2.66. The highest BCUT2D eigenvalue weighted by molar-refractivity contribution is 5.01. The molecule has 0 radical (unpaired) electrons. The van der Waals surface area contributed by atoms with Gasteiger partial charge in [-0.15, -0.1) is 0 Å². The molecule has 0 aliphatic carbocycles. The summed E-state index contributed by atoms with van der Waals surface area (Å²) in [6.07, 6.45) is 3.38. The summed E-state index contributed by atoms with van der Waals surface area (Å²) in [5, 5.41) is 7.57. The number of aromatic nitrogens is 5. The Bertz CT molecular complexity index is 519. The van der Waals surface area contributed by atoms with Crippen molar-refractivity contribution in [2.45, 2.75) is 40.4 Å². The van der Waals surface area contributed by atoms with Crippen LogP contribution in [0.5, 0.6) is 0 Å². The van der Waals surface area contributed by atoms with E-state index in [1.54, 1.807) is 12.5 Å². The van der Waals surface area contributed by atoms with E-state index in [9.17, 15) is 0 Å². The minimum absolute atomic E-state index is 0.560. The molecule has 0 aliphatic heterocycles. The maximum atomic E-state index is 4.35. The maximum absolute atomic E-state index is 4.35. The van der Waals surface area contributed by atoms with Gasteiger partial charge in [-0.05, 0) is 18.9 Å². The molecule has 6 nitrogen and oxygen atoms in total. The fourth-order valence-electron chi connectivity index (χ4n) is 1.83. The van der Waals surface area contributed by atoms with E-state index in [1.807, 2.05) is 17.7 Å². The lowest BCUT2D eigenvalue weighted by Crippen LogP contribution is -2.19. The Morgan fingerprint density at radius 3 is 2.84 bits per heavy atom. The number of aryl methyl sites for hydroxylation is 1. The molecule has 19 heavy (non-hydrogen) atoms. The number of hydrogen-bond acceptors (Lipinski definition) is 5. The van der Waals surface area contributed by atoms with Crippen LogP contribution in [-0.2, 0) is 19.6 Å². The topological polar surface area (TPSA) is 68.5 Å². The smallest absolute Gasteiger partial charge is 0.140 e.